The maximum absolute atomic E-state index is 10.6. The molecule has 0 saturated heterocycles. The fraction of sp³-hybridized carbons (Fsp3) is 0.429. The molecule has 0 aliphatic heterocycles. The molecule has 0 unspecified atom stereocenters. The van der Waals surface area contributed by atoms with Crippen LogP contribution in [0, 0.1) is 0 Å². The van der Waals surface area contributed by atoms with Crippen LogP contribution in [0.4, 0.5) is 0 Å². The first-order valence-corrected chi connectivity index (χ1v) is 3.25. The highest BCUT2D eigenvalue weighted by molar-refractivity contribution is 6.29. The quantitative estimate of drug-likeness (QED) is 0.325. The first kappa shape index (κ1) is 10.4. The SMILES string of the molecule is CCOC(=O)C(=O)OCC=C=O. The summed E-state index contributed by atoms with van der Waals surface area (Å²) in [5.74, 6) is -0.777. The summed E-state index contributed by atoms with van der Waals surface area (Å²) >= 11 is 0. The molecule has 0 aliphatic rings. The Morgan fingerprint density at radius 3 is 2.42 bits per heavy atom. The Balaban J connectivity index is 3.71. The molecule has 12 heavy (non-hydrogen) atoms. The minimum absolute atomic E-state index is 0.109. The molecule has 0 rings (SSSR count). The third kappa shape index (κ3) is 4.24. The van der Waals surface area contributed by atoms with E-state index in [0.29, 0.717) is 0 Å². The Bertz CT molecular complexity index is 214. The molecule has 0 amide bonds. The zero-order valence-corrected chi connectivity index (χ0v) is 6.53. The molecule has 0 saturated carbocycles. The van der Waals surface area contributed by atoms with Crippen LogP contribution in [0.1, 0.15) is 6.92 Å². The average molecular weight is 172 g/mol. The fourth-order valence-electron chi connectivity index (χ4n) is 0.400. The molecule has 0 bridgehead atoms. The van der Waals surface area contributed by atoms with E-state index in [2.05, 4.69) is 9.47 Å². The van der Waals surface area contributed by atoms with Crippen molar-refractivity contribution in [3.63, 3.8) is 0 Å². The topological polar surface area (TPSA) is 69.7 Å². The molecular weight excluding hydrogens is 164 g/mol. The molecule has 0 spiro atoms. The summed E-state index contributed by atoms with van der Waals surface area (Å²) in [5, 5.41) is 0. The number of esters is 2. The Kier molecular flexibility index (Phi) is 5.30. The third-order valence-electron chi connectivity index (χ3n) is 0.823. The van der Waals surface area contributed by atoms with Crippen LogP contribution in [0.15, 0.2) is 6.08 Å². The first-order valence-electron chi connectivity index (χ1n) is 3.25. The third-order valence-corrected chi connectivity index (χ3v) is 0.823. The van der Waals surface area contributed by atoms with Gasteiger partial charge in [0.25, 0.3) is 0 Å². The minimum atomic E-state index is -1.11. The number of carbonyl (C=O) groups is 2. The zero-order valence-electron chi connectivity index (χ0n) is 6.53. The molecule has 66 valence electrons. The summed E-state index contributed by atoms with van der Waals surface area (Å²) in [6, 6.07) is 0. The Morgan fingerprint density at radius 2 is 1.92 bits per heavy atom. The maximum atomic E-state index is 10.6. The van der Waals surface area contributed by atoms with Gasteiger partial charge in [0.1, 0.15) is 12.5 Å². The fourth-order valence-corrected chi connectivity index (χ4v) is 0.400. The van der Waals surface area contributed by atoms with Gasteiger partial charge in [0.15, 0.2) is 0 Å². The summed E-state index contributed by atoms with van der Waals surface area (Å²) in [5.41, 5.74) is 0. The van der Waals surface area contributed by atoms with E-state index in [-0.39, 0.29) is 13.2 Å². The van der Waals surface area contributed by atoms with Crippen LogP contribution in [-0.4, -0.2) is 31.1 Å². The van der Waals surface area contributed by atoms with Crippen molar-refractivity contribution in [2.24, 2.45) is 0 Å². The molecule has 0 fully saturated rings. The average Bonchev–Trinajstić information content (AvgIpc) is 2.05. The molecule has 0 aliphatic carbocycles. The lowest BCUT2D eigenvalue weighted by Crippen LogP contribution is -2.20. The summed E-state index contributed by atoms with van der Waals surface area (Å²) in [4.78, 5) is 30.7. The molecule has 0 aromatic carbocycles. The van der Waals surface area contributed by atoms with Gasteiger partial charge in [0, 0.05) is 6.08 Å². The lowest BCUT2D eigenvalue weighted by molar-refractivity contribution is -0.166. The molecule has 0 N–H and O–H groups in total. The Hall–Kier alpha value is -1.61. The van der Waals surface area contributed by atoms with Crippen molar-refractivity contribution in [3.8, 4) is 0 Å². The Labute approximate surface area is 69.0 Å². The molecule has 0 atom stereocenters. The summed E-state index contributed by atoms with van der Waals surface area (Å²) in [6.07, 6.45) is 0.942. The van der Waals surface area contributed by atoms with Crippen molar-refractivity contribution in [2.75, 3.05) is 13.2 Å². The van der Waals surface area contributed by atoms with Crippen LogP contribution < -0.4 is 0 Å². The van der Waals surface area contributed by atoms with Crippen LogP contribution in [0.3, 0.4) is 0 Å². The van der Waals surface area contributed by atoms with Crippen molar-refractivity contribution in [2.45, 2.75) is 6.92 Å². The van der Waals surface area contributed by atoms with Crippen molar-refractivity contribution in [1.29, 1.82) is 0 Å². The smallest absolute Gasteiger partial charge is 0.417 e. The van der Waals surface area contributed by atoms with Gasteiger partial charge in [-0.05, 0) is 6.92 Å². The van der Waals surface area contributed by atoms with Crippen molar-refractivity contribution < 1.29 is 23.9 Å². The zero-order chi connectivity index (χ0) is 9.40. The van der Waals surface area contributed by atoms with Gasteiger partial charge in [-0.15, -0.1) is 0 Å². The number of carbonyl (C=O) groups excluding carboxylic acids is 3. The second-order valence-electron chi connectivity index (χ2n) is 1.64. The van der Waals surface area contributed by atoms with Gasteiger partial charge < -0.3 is 9.47 Å². The summed E-state index contributed by atoms with van der Waals surface area (Å²) in [6.45, 7) is 1.41. The van der Waals surface area contributed by atoms with Gasteiger partial charge in [0.05, 0.1) is 6.61 Å². The second-order valence-corrected chi connectivity index (χ2v) is 1.64. The number of hydrogen-bond donors (Lipinski definition) is 0. The standard InChI is InChI=1S/C7H8O5/c1-2-11-6(9)7(10)12-5-3-4-8/h3H,2,5H2,1H3. The van der Waals surface area contributed by atoms with Gasteiger partial charge in [0.2, 0.25) is 0 Å². The number of rotatable bonds is 3. The maximum Gasteiger partial charge on any atom is 0.417 e. The molecule has 5 nitrogen and oxygen atoms in total. The molecule has 5 heteroatoms. The van der Waals surface area contributed by atoms with Crippen LogP contribution in [0.5, 0.6) is 0 Å². The van der Waals surface area contributed by atoms with Crippen molar-refractivity contribution in [3.05, 3.63) is 6.08 Å². The summed E-state index contributed by atoms with van der Waals surface area (Å²) < 4.78 is 8.57. The first-order chi connectivity index (χ1) is 5.72. The molecule has 0 radical (unpaired) electrons. The highest BCUT2D eigenvalue weighted by Gasteiger charge is 2.15. The number of hydrogen-bond acceptors (Lipinski definition) is 5. The molecule has 0 heterocycles. The van der Waals surface area contributed by atoms with E-state index in [9.17, 15) is 14.4 Å². The normalized spacial score (nSPS) is 8.08. The number of ether oxygens (including phenoxy) is 2. The molecule has 0 aromatic rings. The van der Waals surface area contributed by atoms with E-state index in [0.717, 1.165) is 6.08 Å². The van der Waals surface area contributed by atoms with Gasteiger partial charge in [-0.1, -0.05) is 0 Å². The second kappa shape index (κ2) is 6.12. The summed E-state index contributed by atoms with van der Waals surface area (Å²) in [7, 11) is 0. The lowest BCUT2D eigenvalue weighted by Gasteiger charge is -1.99. The van der Waals surface area contributed by atoms with Gasteiger partial charge in [-0.25, -0.2) is 14.4 Å². The minimum Gasteiger partial charge on any atom is -0.458 e. The van der Waals surface area contributed by atoms with Crippen LogP contribution in [0.25, 0.3) is 0 Å². The van der Waals surface area contributed by atoms with Gasteiger partial charge in [-0.3, -0.25) is 0 Å². The van der Waals surface area contributed by atoms with Crippen LogP contribution in [0.2, 0.25) is 0 Å². The predicted octanol–water partition coefficient (Wildman–Crippen LogP) is -0.520. The van der Waals surface area contributed by atoms with Crippen molar-refractivity contribution in [1.82, 2.24) is 0 Å². The van der Waals surface area contributed by atoms with E-state index in [1.807, 2.05) is 0 Å². The molecule has 0 aromatic heterocycles. The van der Waals surface area contributed by atoms with Crippen LogP contribution >= 0.6 is 0 Å². The van der Waals surface area contributed by atoms with Gasteiger partial charge in [-0.2, -0.15) is 0 Å². The van der Waals surface area contributed by atoms with E-state index in [4.69, 9.17) is 0 Å². The highest BCUT2D eigenvalue weighted by atomic mass is 16.6. The van der Waals surface area contributed by atoms with E-state index in [1.165, 1.54) is 5.94 Å². The van der Waals surface area contributed by atoms with E-state index >= 15 is 0 Å². The monoisotopic (exact) mass is 172 g/mol. The van der Waals surface area contributed by atoms with E-state index in [1.54, 1.807) is 6.92 Å². The van der Waals surface area contributed by atoms with E-state index < -0.39 is 11.9 Å². The van der Waals surface area contributed by atoms with Crippen LogP contribution in [-0.2, 0) is 23.9 Å². The predicted molar refractivity (Wildman–Crippen MR) is 37.9 cm³/mol. The van der Waals surface area contributed by atoms with Gasteiger partial charge >= 0.3 is 11.9 Å². The Morgan fingerprint density at radius 1 is 1.33 bits per heavy atom. The largest absolute Gasteiger partial charge is 0.458 e. The highest BCUT2D eigenvalue weighted by Crippen LogP contribution is 1.84. The van der Waals surface area contributed by atoms with Crippen molar-refractivity contribution >= 4 is 17.9 Å². The lowest BCUT2D eigenvalue weighted by atomic mass is 10.6. The molecular formula is C7H8O5.